The lowest BCUT2D eigenvalue weighted by atomic mass is 10.1. The Bertz CT molecular complexity index is 1590. The third-order valence-electron chi connectivity index (χ3n) is 6.64. The number of hydrogen-bond acceptors (Lipinski definition) is 6. The van der Waals surface area contributed by atoms with Gasteiger partial charge >= 0.3 is 17.3 Å². The van der Waals surface area contributed by atoms with Gasteiger partial charge in [0, 0.05) is 13.1 Å². The summed E-state index contributed by atoms with van der Waals surface area (Å²) in [6, 6.07) is 21.3. The second kappa shape index (κ2) is 11.6. The minimum atomic E-state index is -1.22. The van der Waals surface area contributed by atoms with E-state index in [9.17, 15) is 19.5 Å². The number of piperidine rings is 1. The molecule has 1 aromatic heterocycles. The molecular formula is C29H27ClN4O5. The van der Waals surface area contributed by atoms with E-state index in [-0.39, 0.29) is 28.8 Å². The Kier molecular flexibility index (Phi) is 7.79. The summed E-state index contributed by atoms with van der Waals surface area (Å²) in [5.41, 5.74) is 0.597. The first-order valence-electron chi connectivity index (χ1n) is 12.7. The Labute approximate surface area is 229 Å². The van der Waals surface area contributed by atoms with Crippen molar-refractivity contribution < 1.29 is 14.6 Å². The molecule has 1 aliphatic heterocycles. The van der Waals surface area contributed by atoms with Crippen molar-refractivity contribution in [1.29, 1.82) is 0 Å². The van der Waals surface area contributed by atoms with Crippen LogP contribution in [-0.2, 0) is 13.2 Å². The van der Waals surface area contributed by atoms with Gasteiger partial charge in [0.1, 0.15) is 12.4 Å². The van der Waals surface area contributed by atoms with E-state index in [4.69, 9.17) is 16.3 Å². The van der Waals surface area contributed by atoms with E-state index in [0.29, 0.717) is 31.0 Å². The summed E-state index contributed by atoms with van der Waals surface area (Å²) >= 11 is 6.08. The van der Waals surface area contributed by atoms with Crippen LogP contribution in [0.4, 0.5) is 5.95 Å². The molecule has 0 bridgehead atoms. The van der Waals surface area contributed by atoms with Crippen molar-refractivity contribution in [3.8, 4) is 11.4 Å². The number of aromatic nitrogens is 3. The molecule has 0 unspecified atom stereocenters. The molecule has 4 aromatic rings. The largest absolute Gasteiger partial charge is 0.489 e. The topological polar surface area (TPSA) is 107 Å². The molecule has 9 nitrogen and oxygen atoms in total. The highest BCUT2D eigenvalue weighted by molar-refractivity contribution is 6.33. The zero-order valence-corrected chi connectivity index (χ0v) is 21.9. The summed E-state index contributed by atoms with van der Waals surface area (Å²) in [5, 5.41) is 9.63. The molecule has 0 amide bonds. The Morgan fingerprint density at radius 2 is 1.64 bits per heavy atom. The number of hydrogen-bond donors (Lipinski definition) is 1. The van der Waals surface area contributed by atoms with E-state index in [2.05, 4.69) is 4.98 Å². The molecule has 1 aliphatic rings. The number of anilines is 1. The summed E-state index contributed by atoms with van der Waals surface area (Å²) in [5.74, 6) is -0.358. The maximum Gasteiger partial charge on any atom is 0.355 e. The summed E-state index contributed by atoms with van der Waals surface area (Å²) in [4.78, 5) is 44.8. The van der Waals surface area contributed by atoms with Crippen LogP contribution in [0.25, 0.3) is 5.69 Å². The highest BCUT2D eigenvalue weighted by Gasteiger charge is 2.23. The van der Waals surface area contributed by atoms with Gasteiger partial charge in [0.2, 0.25) is 5.95 Å². The number of benzene rings is 3. The average molecular weight is 547 g/mol. The number of aromatic carboxylic acids is 1. The molecule has 0 radical (unpaired) electrons. The first-order valence-corrected chi connectivity index (χ1v) is 13.1. The van der Waals surface area contributed by atoms with Gasteiger partial charge < -0.3 is 14.7 Å². The minimum absolute atomic E-state index is 0.0106. The number of halogens is 1. The SMILES string of the molecule is O=C(O)c1cc(-n2c(N3CCCCC3)nc(=O)n(Cc3ccc(OCc4ccccc4)cc3)c2=O)ccc1Cl. The van der Waals surface area contributed by atoms with Gasteiger partial charge in [0.25, 0.3) is 0 Å². The predicted molar refractivity (Wildman–Crippen MR) is 148 cm³/mol. The molecule has 5 rings (SSSR count). The van der Waals surface area contributed by atoms with Gasteiger partial charge in [-0.3, -0.25) is 0 Å². The molecular weight excluding hydrogens is 520 g/mol. The van der Waals surface area contributed by atoms with Crippen molar-refractivity contribution in [3.63, 3.8) is 0 Å². The van der Waals surface area contributed by atoms with E-state index in [0.717, 1.165) is 29.4 Å². The molecule has 0 aliphatic carbocycles. The summed E-state index contributed by atoms with van der Waals surface area (Å²) in [6.07, 6.45) is 2.85. The van der Waals surface area contributed by atoms with Crippen LogP contribution in [0.5, 0.6) is 5.75 Å². The molecule has 1 saturated heterocycles. The number of ether oxygens (including phenoxy) is 1. The van der Waals surface area contributed by atoms with E-state index >= 15 is 0 Å². The van der Waals surface area contributed by atoms with Crippen molar-refractivity contribution >= 4 is 23.5 Å². The van der Waals surface area contributed by atoms with Gasteiger partial charge in [-0.05, 0) is 60.7 Å². The molecule has 10 heteroatoms. The normalized spacial score (nSPS) is 13.3. The first-order chi connectivity index (χ1) is 18.9. The van der Waals surface area contributed by atoms with Crippen LogP contribution >= 0.6 is 11.6 Å². The van der Waals surface area contributed by atoms with Crippen molar-refractivity contribution in [2.75, 3.05) is 18.0 Å². The number of nitrogens with zero attached hydrogens (tertiary/aromatic N) is 4. The monoisotopic (exact) mass is 546 g/mol. The summed E-state index contributed by atoms with van der Waals surface area (Å²) < 4.78 is 8.18. The molecule has 0 spiro atoms. The van der Waals surface area contributed by atoms with Gasteiger partial charge in [-0.2, -0.15) is 4.98 Å². The zero-order chi connectivity index (χ0) is 27.4. The Balaban J connectivity index is 1.49. The third kappa shape index (κ3) is 5.88. The molecule has 1 fully saturated rings. The zero-order valence-electron chi connectivity index (χ0n) is 21.1. The quantitative estimate of drug-likeness (QED) is 0.350. The average Bonchev–Trinajstić information content (AvgIpc) is 2.96. The van der Waals surface area contributed by atoms with Gasteiger partial charge in [0.15, 0.2) is 0 Å². The van der Waals surface area contributed by atoms with Crippen molar-refractivity contribution in [2.45, 2.75) is 32.4 Å². The van der Waals surface area contributed by atoms with E-state index < -0.39 is 17.3 Å². The second-order valence-electron chi connectivity index (χ2n) is 9.33. The first kappa shape index (κ1) is 26.2. The maximum absolute atomic E-state index is 13.8. The van der Waals surface area contributed by atoms with Crippen molar-refractivity contribution in [1.82, 2.24) is 14.1 Å². The van der Waals surface area contributed by atoms with Crippen LogP contribution in [0.1, 0.15) is 40.7 Å². The Hall–Kier alpha value is -4.37. The minimum Gasteiger partial charge on any atom is -0.489 e. The van der Waals surface area contributed by atoms with Crippen molar-refractivity contribution in [3.05, 3.63) is 115 Å². The van der Waals surface area contributed by atoms with E-state index in [1.54, 1.807) is 30.3 Å². The van der Waals surface area contributed by atoms with Crippen LogP contribution in [0.3, 0.4) is 0 Å². The fourth-order valence-electron chi connectivity index (χ4n) is 4.58. The second-order valence-corrected chi connectivity index (χ2v) is 9.74. The molecule has 2 heterocycles. The number of rotatable bonds is 8. The van der Waals surface area contributed by atoms with Crippen LogP contribution in [0.15, 0.2) is 82.4 Å². The maximum atomic E-state index is 13.8. The standard InChI is InChI=1S/C29H27ClN4O5/c30-25-14-11-22(17-24(25)26(35)36)34-27(32-15-5-2-6-16-32)31-28(37)33(29(34)38)18-20-9-12-23(13-10-20)39-19-21-7-3-1-4-8-21/h1,3-4,7-14,17H,2,5-6,15-16,18-19H2,(H,35,36). The lowest BCUT2D eigenvalue weighted by molar-refractivity contribution is 0.0697. The molecule has 0 atom stereocenters. The molecule has 0 saturated carbocycles. The lowest BCUT2D eigenvalue weighted by Gasteiger charge is -2.29. The van der Waals surface area contributed by atoms with E-state index in [1.165, 1.54) is 16.7 Å². The van der Waals surface area contributed by atoms with Gasteiger partial charge in [-0.1, -0.05) is 54.1 Å². The van der Waals surface area contributed by atoms with Gasteiger partial charge in [-0.25, -0.2) is 23.5 Å². The number of carboxylic acids is 1. The summed E-state index contributed by atoms with van der Waals surface area (Å²) in [6.45, 7) is 1.69. The van der Waals surface area contributed by atoms with Crippen LogP contribution < -0.4 is 21.0 Å². The molecule has 39 heavy (non-hydrogen) atoms. The van der Waals surface area contributed by atoms with Gasteiger partial charge in [-0.15, -0.1) is 0 Å². The van der Waals surface area contributed by atoms with Crippen LogP contribution in [-0.4, -0.2) is 38.3 Å². The van der Waals surface area contributed by atoms with Crippen LogP contribution in [0.2, 0.25) is 5.02 Å². The van der Waals surface area contributed by atoms with E-state index in [1.807, 2.05) is 35.2 Å². The molecule has 200 valence electrons. The highest BCUT2D eigenvalue weighted by Crippen LogP contribution is 2.23. The third-order valence-corrected chi connectivity index (χ3v) is 6.97. The van der Waals surface area contributed by atoms with Crippen molar-refractivity contribution in [2.24, 2.45) is 0 Å². The number of carboxylic acid groups (broad SMARTS) is 1. The fraction of sp³-hybridized carbons (Fsp3) is 0.241. The predicted octanol–water partition coefficient (Wildman–Crippen LogP) is 4.36. The Morgan fingerprint density at radius 1 is 0.923 bits per heavy atom. The fourth-order valence-corrected chi connectivity index (χ4v) is 4.78. The highest BCUT2D eigenvalue weighted by atomic mass is 35.5. The summed E-state index contributed by atoms with van der Waals surface area (Å²) in [7, 11) is 0. The van der Waals surface area contributed by atoms with Crippen LogP contribution in [0, 0.1) is 0 Å². The molecule has 3 aromatic carbocycles. The van der Waals surface area contributed by atoms with Gasteiger partial charge in [0.05, 0.1) is 22.8 Å². The smallest absolute Gasteiger partial charge is 0.355 e. The number of carbonyl (C=O) groups is 1. The molecule has 1 N–H and O–H groups in total. The Morgan fingerprint density at radius 3 is 2.33 bits per heavy atom. The lowest BCUT2D eigenvalue weighted by Crippen LogP contribution is -2.45.